The molecule has 0 heterocycles. The van der Waals surface area contributed by atoms with E-state index in [9.17, 15) is 9.90 Å². The lowest BCUT2D eigenvalue weighted by molar-refractivity contribution is -0.118. The van der Waals surface area contributed by atoms with E-state index in [4.69, 9.17) is 0 Å². The highest BCUT2D eigenvalue weighted by Crippen LogP contribution is 2.31. The second kappa shape index (κ2) is 6.33. The molecule has 0 spiro atoms. The number of rotatable bonds is 4. The van der Waals surface area contributed by atoms with Crippen LogP contribution in [0.2, 0.25) is 0 Å². The van der Waals surface area contributed by atoms with Gasteiger partial charge in [0.05, 0.1) is 5.71 Å². The molecule has 0 atom stereocenters. The van der Waals surface area contributed by atoms with Crippen molar-refractivity contribution in [2.45, 2.75) is 19.4 Å². The van der Waals surface area contributed by atoms with E-state index < -0.39 is 5.60 Å². The van der Waals surface area contributed by atoms with Gasteiger partial charge in [-0.25, -0.2) is 5.43 Å². The van der Waals surface area contributed by atoms with Crippen LogP contribution in [0.4, 0.5) is 0 Å². The summed E-state index contributed by atoms with van der Waals surface area (Å²) in [6.45, 7) is 3.07. The van der Waals surface area contributed by atoms with Crippen LogP contribution >= 0.6 is 0 Å². The SMILES string of the molecule is CC(=O)NN=C(C)C(O)(c1ccccc1)c1ccccc1. The van der Waals surface area contributed by atoms with Gasteiger partial charge in [0.1, 0.15) is 0 Å². The fourth-order valence-corrected chi connectivity index (χ4v) is 2.19. The molecule has 2 rings (SSSR count). The molecule has 2 aromatic rings. The number of aliphatic hydroxyl groups is 1. The highest BCUT2D eigenvalue weighted by atomic mass is 16.3. The quantitative estimate of drug-likeness (QED) is 0.668. The summed E-state index contributed by atoms with van der Waals surface area (Å²) in [4.78, 5) is 11.0. The number of carbonyl (C=O) groups excluding carboxylic acids is 1. The van der Waals surface area contributed by atoms with Crippen molar-refractivity contribution in [3.8, 4) is 0 Å². The standard InChI is InChI=1S/C17H18N2O2/c1-13(18-19-14(2)20)17(21,15-9-5-3-6-10-15)16-11-7-4-8-12-16/h3-12,21H,1-2H3,(H,19,20). The molecule has 4 heteroatoms. The summed E-state index contributed by atoms with van der Waals surface area (Å²) >= 11 is 0. The Morgan fingerprint density at radius 1 is 0.952 bits per heavy atom. The first-order chi connectivity index (χ1) is 10.0. The molecule has 21 heavy (non-hydrogen) atoms. The number of nitrogens with one attached hydrogen (secondary N) is 1. The van der Waals surface area contributed by atoms with Crippen LogP contribution < -0.4 is 5.43 Å². The van der Waals surface area contributed by atoms with Gasteiger partial charge in [-0.2, -0.15) is 5.10 Å². The molecule has 0 saturated heterocycles. The van der Waals surface area contributed by atoms with Crippen molar-refractivity contribution in [1.82, 2.24) is 5.43 Å². The molecule has 0 aliphatic heterocycles. The average Bonchev–Trinajstić information content (AvgIpc) is 2.53. The van der Waals surface area contributed by atoms with E-state index in [-0.39, 0.29) is 5.91 Å². The van der Waals surface area contributed by atoms with Crippen LogP contribution in [-0.2, 0) is 10.4 Å². The van der Waals surface area contributed by atoms with Crippen LogP contribution in [0.3, 0.4) is 0 Å². The first-order valence-electron chi connectivity index (χ1n) is 6.70. The van der Waals surface area contributed by atoms with E-state index in [1.165, 1.54) is 6.92 Å². The van der Waals surface area contributed by atoms with Crippen molar-refractivity contribution in [3.05, 3.63) is 71.8 Å². The normalized spacial score (nSPS) is 12.0. The Bertz CT molecular complexity index is 597. The van der Waals surface area contributed by atoms with Crippen LogP contribution in [0.1, 0.15) is 25.0 Å². The molecular formula is C17H18N2O2. The van der Waals surface area contributed by atoms with Crippen molar-refractivity contribution in [1.29, 1.82) is 0 Å². The molecule has 2 aromatic carbocycles. The number of amides is 1. The molecule has 0 unspecified atom stereocenters. The minimum absolute atomic E-state index is 0.280. The predicted molar refractivity (Wildman–Crippen MR) is 82.8 cm³/mol. The molecule has 108 valence electrons. The van der Waals surface area contributed by atoms with Gasteiger partial charge in [0, 0.05) is 6.92 Å². The van der Waals surface area contributed by atoms with E-state index in [1.54, 1.807) is 6.92 Å². The van der Waals surface area contributed by atoms with Gasteiger partial charge >= 0.3 is 0 Å². The summed E-state index contributed by atoms with van der Waals surface area (Å²) in [6, 6.07) is 18.5. The molecule has 0 saturated carbocycles. The zero-order chi connectivity index (χ0) is 15.3. The average molecular weight is 282 g/mol. The zero-order valence-corrected chi connectivity index (χ0v) is 12.1. The largest absolute Gasteiger partial charge is 0.375 e. The number of hydrogen-bond donors (Lipinski definition) is 2. The Morgan fingerprint density at radius 2 is 1.38 bits per heavy atom. The third kappa shape index (κ3) is 3.17. The maximum Gasteiger partial charge on any atom is 0.236 e. The number of nitrogens with zero attached hydrogens (tertiary/aromatic N) is 1. The van der Waals surface area contributed by atoms with Crippen molar-refractivity contribution < 1.29 is 9.90 Å². The molecule has 0 radical (unpaired) electrons. The van der Waals surface area contributed by atoms with E-state index in [0.29, 0.717) is 16.8 Å². The second-order valence-corrected chi connectivity index (χ2v) is 4.81. The van der Waals surface area contributed by atoms with E-state index in [2.05, 4.69) is 10.5 Å². The molecule has 0 fully saturated rings. The molecular weight excluding hydrogens is 264 g/mol. The van der Waals surface area contributed by atoms with Gasteiger partial charge in [-0.3, -0.25) is 4.79 Å². The predicted octanol–water partition coefficient (Wildman–Crippen LogP) is 2.43. The molecule has 0 aliphatic carbocycles. The summed E-state index contributed by atoms with van der Waals surface area (Å²) in [6.07, 6.45) is 0. The lowest BCUT2D eigenvalue weighted by Gasteiger charge is -2.29. The van der Waals surface area contributed by atoms with Gasteiger partial charge in [0.25, 0.3) is 0 Å². The second-order valence-electron chi connectivity index (χ2n) is 4.81. The maximum atomic E-state index is 11.3. The van der Waals surface area contributed by atoms with Crippen molar-refractivity contribution in [3.63, 3.8) is 0 Å². The maximum absolute atomic E-state index is 11.3. The van der Waals surface area contributed by atoms with Gasteiger partial charge in [-0.15, -0.1) is 0 Å². The minimum atomic E-state index is -1.38. The van der Waals surface area contributed by atoms with Gasteiger partial charge in [-0.05, 0) is 18.1 Å². The Hall–Kier alpha value is -2.46. The van der Waals surface area contributed by atoms with Crippen LogP contribution in [0.15, 0.2) is 65.8 Å². The Labute approximate surface area is 124 Å². The molecule has 0 aliphatic rings. The molecule has 0 bridgehead atoms. The zero-order valence-electron chi connectivity index (χ0n) is 12.1. The lowest BCUT2D eigenvalue weighted by atomic mass is 9.83. The molecule has 0 aromatic heterocycles. The van der Waals surface area contributed by atoms with E-state index in [1.807, 2.05) is 60.7 Å². The minimum Gasteiger partial charge on any atom is -0.375 e. The summed E-state index contributed by atoms with van der Waals surface area (Å²) in [5.41, 5.74) is 2.79. The highest BCUT2D eigenvalue weighted by Gasteiger charge is 2.35. The van der Waals surface area contributed by atoms with Gasteiger partial charge in [0.15, 0.2) is 5.60 Å². The molecule has 4 nitrogen and oxygen atoms in total. The highest BCUT2D eigenvalue weighted by molar-refractivity contribution is 5.95. The summed E-state index contributed by atoms with van der Waals surface area (Å²) in [7, 11) is 0. The number of carbonyl (C=O) groups is 1. The number of benzene rings is 2. The summed E-state index contributed by atoms with van der Waals surface area (Å²) in [5.74, 6) is -0.280. The Balaban J connectivity index is 2.55. The van der Waals surface area contributed by atoms with Crippen LogP contribution in [0.25, 0.3) is 0 Å². The first-order valence-corrected chi connectivity index (χ1v) is 6.70. The summed E-state index contributed by atoms with van der Waals surface area (Å²) in [5, 5.41) is 15.3. The van der Waals surface area contributed by atoms with E-state index in [0.717, 1.165) is 0 Å². The molecule has 2 N–H and O–H groups in total. The topological polar surface area (TPSA) is 61.7 Å². The number of hydrazone groups is 1. The van der Waals surface area contributed by atoms with Crippen molar-refractivity contribution in [2.75, 3.05) is 0 Å². The Kier molecular flexibility index (Phi) is 4.50. The van der Waals surface area contributed by atoms with Crippen LogP contribution in [0, 0.1) is 0 Å². The third-order valence-corrected chi connectivity index (χ3v) is 3.29. The van der Waals surface area contributed by atoms with Crippen LogP contribution in [0.5, 0.6) is 0 Å². The van der Waals surface area contributed by atoms with Crippen molar-refractivity contribution >= 4 is 11.6 Å². The Morgan fingerprint density at radius 3 is 1.76 bits per heavy atom. The number of hydrogen-bond acceptors (Lipinski definition) is 3. The van der Waals surface area contributed by atoms with Crippen LogP contribution in [-0.4, -0.2) is 16.7 Å². The van der Waals surface area contributed by atoms with Gasteiger partial charge in [-0.1, -0.05) is 60.7 Å². The van der Waals surface area contributed by atoms with Crippen molar-refractivity contribution in [2.24, 2.45) is 5.10 Å². The third-order valence-electron chi connectivity index (χ3n) is 3.29. The fourth-order valence-electron chi connectivity index (χ4n) is 2.19. The lowest BCUT2D eigenvalue weighted by Crippen LogP contribution is -2.37. The fraction of sp³-hybridized carbons (Fsp3) is 0.176. The smallest absolute Gasteiger partial charge is 0.236 e. The molecule has 1 amide bonds. The first kappa shape index (κ1) is 14.9. The van der Waals surface area contributed by atoms with E-state index >= 15 is 0 Å². The summed E-state index contributed by atoms with van der Waals surface area (Å²) < 4.78 is 0. The van der Waals surface area contributed by atoms with Gasteiger partial charge < -0.3 is 5.11 Å². The monoisotopic (exact) mass is 282 g/mol. The van der Waals surface area contributed by atoms with Gasteiger partial charge in [0.2, 0.25) is 5.91 Å².